The van der Waals surface area contributed by atoms with Crippen LogP contribution in [-0.4, -0.2) is 24.1 Å². The molecule has 1 aliphatic heterocycles. The fraction of sp³-hybridized carbons (Fsp3) is 0.706. The van der Waals surface area contributed by atoms with Gasteiger partial charge in [0.2, 0.25) is 0 Å². The van der Waals surface area contributed by atoms with Gasteiger partial charge in [-0.05, 0) is 30.7 Å². The molecule has 0 atom stereocenters. The molecule has 0 saturated carbocycles. The van der Waals surface area contributed by atoms with Crippen molar-refractivity contribution in [2.75, 3.05) is 18.0 Å². The first-order chi connectivity index (χ1) is 9.97. The summed E-state index contributed by atoms with van der Waals surface area (Å²) in [7, 11) is 0. The zero-order valence-corrected chi connectivity index (χ0v) is 13.7. The maximum absolute atomic E-state index is 13.5. The zero-order valence-electron chi connectivity index (χ0n) is 13.7. The predicted molar refractivity (Wildman–Crippen MR) is 85.9 cm³/mol. The van der Waals surface area contributed by atoms with Crippen LogP contribution in [0.5, 0.6) is 0 Å². The summed E-state index contributed by atoms with van der Waals surface area (Å²) in [6.07, 6.45) is 3.74. The molecule has 1 saturated heterocycles. The van der Waals surface area contributed by atoms with E-state index in [0.29, 0.717) is 12.6 Å². The molecule has 0 aromatic carbocycles. The topological polar surface area (TPSA) is 28.2 Å². The lowest BCUT2D eigenvalue weighted by molar-refractivity contribution is 0.310. The van der Waals surface area contributed by atoms with Crippen LogP contribution in [0, 0.1) is 17.7 Å². The Labute approximate surface area is 127 Å². The van der Waals surface area contributed by atoms with E-state index in [1.165, 1.54) is 19.0 Å². The number of nitrogens with zero attached hydrogens (tertiary/aromatic N) is 2. The number of rotatable bonds is 5. The number of halogens is 1. The van der Waals surface area contributed by atoms with Gasteiger partial charge in [0.1, 0.15) is 11.6 Å². The normalized spacial score (nSPS) is 17.0. The fourth-order valence-electron chi connectivity index (χ4n) is 2.98. The Morgan fingerprint density at radius 3 is 2.52 bits per heavy atom. The third-order valence-corrected chi connectivity index (χ3v) is 4.39. The van der Waals surface area contributed by atoms with E-state index in [1.807, 2.05) is 0 Å². The Balaban J connectivity index is 2.08. The molecule has 0 amide bonds. The van der Waals surface area contributed by atoms with Crippen molar-refractivity contribution in [3.05, 3.63) is 23.6 Å². The van der Waals surface area contributed by atoms with Gasteiger partial charge >= 0.3 is 0 Å². The minimum absolute atomic E-state index is 0.253. The number of pyridine rings is 1. The number of hydrogen-bond acceptors (Lipinski definition) is 3. The second-order valence-electron chi connectivity index (χ2n) is 6.74. The first-order valence-corrected chi connectivity index (χ1v) is 8.10. The zero-order chi connectivity index (χ0) is 15.4. The molecule has 1 fully saturated rings. The van der Waals surface area contributed by atoms with Gasteiger partial charge in [-0.1, -0.05) is 27.7 Å². The minimum Gasteiger partial charge on any atom is -0.356 e. The van der Waals surface area contributed by atoms with Gasteiger partial charge in [-0.3, -0.25) is 0 Å². The van der Waals surface area contributed by atoms with E-state index < -0.39 is 0 Å². The summed E-state index contributed by atoms with van der Waals surface area (Å²) in [5.41, 5.74) is 0.965. The maximum Gasteiger partial charge on any atom is 0.141 e. The molecule has 1 N–H and O–H groups in total. The number of hydrogen-bond donors (Lipinski definition) is 1. The molecule has 1 aliphatic rings. The maximum atomic E-state index is 13.5. The highest BCUT2D eigenvalue weighted by Gasteiger charge is 2.23. The molecule has 0 radical (unpaired) electrons. The molecule has 2 heterocycles. The summed E-state index contributed by atoms with van der Waals surface area (Å²) in [5, 5.41) is 3.36. The van der Waals surface area contributed by atoms with E-state index in [4.69, 9.17) is 0 Å². The van der Waals surface area contributed by atoms with Crippen LogP contribution in [0.2, 0.25) is 0 Å². The van der Waals surface area contributed by atoms with Crippen LogP contribution >= 0.6 is 0 Å². The van der Waals surface area contributed by atoms with Crippen LogP contribution in [0.4, 0.5) is 10.2 Å². The fourth-order valence-corrected chi connectivity index (χ4v) is 2.98. The molecular formula is C17H28FN3. The van der Waals surface area contributed by atoms with Gasteiger partial charge < -0.3 is 10.2 Å². The van der Waals surface area contributed by atoms with Gasteiger partial charge in [0, 0.05) is 31.2 Å². The van der Waals surface area contributed by atoms with Crippen LogP contribution in [0.3, 0.4) is 0 Å². The highest BCUT2D eigenvalue weighted by Crippen LogP contribution is 2.28. The smallest absolute Gasteiger partial charge is 0.141 e. The van der Waals surface area contributed by atoms with Gasteiger partial charge in [-0.2, -0.15) is 0 Å². The molecule has 0 spiro atoms. The molecule has 0 aliphatic carbocycles. The molecule has 118 valence electrons. The van der Waals surface area contributed by atoms with Crippen LogP contribution in [0.15, 0.2) is 12.3 Å². The van der Waals surface area contributed by atoms with E-state index in [1.54, 1.807) is 6.07 Å². The second-order valence-corrected chi connectivity index (χ2v) is 6.74. The van der Waals surface area contributed by atoms with Crippen molar-refractivity contribution in [2.24, 2.45) is 11.8 Å². The van der Waals surface area contributed by atoms with Crippen molar-refractivity contribution >= 4 is 5.82 Å². The molecule has 2 rings (SSSR count). The van der Waals surface area contributed by atoms with Crippen LogP contribution in [0.1, 0.15) is 46.1 Å². The van der Waals surface area contributed by atoms with Crippen LogP contribution in [-0.2, 0) is 6.54 Å². The molecule has 4 heteroatoms. The standard InChI is InChI=1S/C17H28FN3/c1-12(2)14-5-7-21(8-6-14)17-15(10-19-13(3)4)9-16(18)11-20-17/h9,11-14,19H,5-8,10H2,1-4H3. The average molecular weight is 293 g/mol. The van der Waals surface area contributed by atoms with E-state index >= 15 is 0 Å². The van der Waals surface area contributed by atoms with Crippen molar-refractivity contribution in [3.63, 3.8) is 0 Å². The van der Waals surface area contributed by atoms with Crippen molar-refractivity contribution in [3.8, 4) is 0 Å². The largest absolute Gasteiger partial charge is 0.356 e. The lowest BCUT2D eigenvalue weighted by Crippen LogP contribution is -2.37. The van der Waals surface area contributed by atoms with Gasteiger partial charge in [0.15, 0.2) is 0 Å². The molecule has 1 aromatic rings. The third-order valence-electron chi connectivity index (χ3n) is 4.39. The van der Waals surface area contributed by atoms with Gasteiger partial charge in [-0.25, -0.2) is 9.37 Å². The summed E-state index contributed by atoms with van der Waals surface area (Å²) < 4.78 is 13.5. The third kappa shape index (κ3) is 4.40. The van der Waals surface area contributed by atoms with E-state index in [0.717, 1.165) is 36.3 Å². The van der Waals surface area contributed by atoms with Gasteiger partial charge in [-0.15, -0.1) is 0 Å². The van der Waals surface area contributed by atoms with Crippen LogP contribution < -0.4 is 10.2 Å². The summed E-state index contributed by atoms with van der Waals surface area (Å²) in [6, 6.07) is 2.00. The minimum atomic E-state index is -0.253. The van der Waals surface area contributed by atoms with Gasteiger partial charge in [0.05, 0.1) is 6.20 Å². The van der Waals surface area contributed by atoms with Crippen molar-refractivity contribution in [1.82, 2.24) is 10.3 Å². The number of aromatic nitrogens is 1. The van der Waals surface area contributed by atoms with E-state index in [9.17, 15) is 4.39 Å². The molecule has 0 unspecified atom stereocenters. The van der Waals surface area contributed by atoms with E-state index in [2.05, 4.69) is 42.9 Å². The Bertz CT molecular complexity index is 451. The van der Waals surface area contributed by atoms with Crippen LogP contribution in [0.25, 0.3) is 0 Å². The summed E-state index contributed by atoms with van der Waals surface area (Å²) in [5.74, 6) is 2.25. The lowest BCUT2D eigenvalue weighted by Gasteiger charge is -2.35. The molecule has 21 heavy (non-hydrogen) atoms. The highest BCUT2D eigenvalue weighted by molar-refractivity contribution is 5.47. The number of piperidine rings is 1. The number of nitrogens with one attached hydrogen (secondary N) is 1. The first kappa shape index (κ1) is 16.2. The molecule has 1 aromatic heterocycles. The Kier molecular flexibility index (Phi) is 5.57. The Morgan fingerprint density at radius 1 is 1.29 bits per heavy atom. The molecule has 0 bridgehead atoms. The summed E-state index contributed by atoms with van der Waals surface area (Å²) >= 11 is 0. The van der Waals surface area contributed by atoms with Gasteiger partial charge in [0.25, 0.3) is 0 Å². The van der Waals surface area contributed by atoms with Crippen molar-refractivity contribution < 1.29 is 4.39 Å². The lowest BCUT2D eigenvalue weighted by atomic mass is 9.86. The summed E-state index contributed by atoms with van der Waals surface area (Å²) in [4.78, 5) is 6.68. The summed E-state index contributed by atoms with van der Waals surface area (Å²) in [6.45, 7) is 11.5. The quantitative estimate of drug-likeness (QED) is 0.899. The van der Waals surface area contributed by atoms with Crippen molar-refractivity contribution in [1.29, 1.82) is 0 Å². The first-order valence-electron chi connectivity index (χ1n) is 8.10. The SMILES string of the molecule is CC(C)NCc1cc(F)cnc1N1CCC(C(C)C)CC1. The Morgan fingerprint density at radius 2 is 1.95 bits per heavy atom. The monoisotopic (exact) mass is 293 g/mol. The number of anilines is 1. The van der Waals surface area contributed by atoms with Crippen molar-refractivity contribution in [2.45, 2.75) is 53.1 Å². The highest BCUT2D eigenvalue weighted by atomic mass is 19.1. The predicted octanol–water partition coefficient (Wildman–Crippen LogP) is 3.59. The average Bonchev–Trinajstić information content (AvgIpc) is 2.45. The van der Waals surface area contributed by atoms with E-state index in [-0.39, 0.29) is 5.82 Å². The second kappa shape index (κ2) is 7.21. The molecule has 3 nitrogen and oxygen atoms in total. The Hall–Kier alpha value is -1.16. The molecular weight excluding hydrogens is 265 g/mol.